The lowest BCUT2D eigenvalue weighted by atomic mass is 9.99. The van der Waals surface area contributed by atoms with Gasteiger partial charge >= 0.3 is 18.0 Å². The summed E-state index contributed by atoms with van der Waals surface area (Å²) >= 11 is 0. The van der Waals surface area contributed by atoms with Crippen LogP contribution in [0.25, 0.3) is 0 Å². The van der Waals surface area contributed by atoms with Crippen LogP contribution in [0.3, 0.4) is 0 Å². The van der Waals surface area contributed by atoms with Crippen LogP contribution >= 0.6 is 0 Å². The fourth-order valence-electron chi connectivity index (χ4n) is 1.27. The van der Waals surface area contributed by atoms with Crippen LogP contribution in [0.4, 0.5) is 30.7 Å². The molecule has 101 valence electrons. The number of hydrogen-bond donors (Lipinski definition) is 0. The van der Waals surface area contributed by atoms with E-state index in [1.54, 1.807) is 0 Å². The van der Waals surface area contributed by atoms with Gasteiger partial charge in [-0.2, -0.15) is 30.7 Å². The lowest BCUT2D eigenvalue weighted by molar-refractivity contribution is -0.359. The summed E-state index contributed by atoms with van der Waals surface area (Å²) in [6, 6.07) is 3.43. The zero-order valence-electron chi connectivity index (χ0n) is 9.03. The Hall–Kier alpha value is -1.27. The van der Waals surface area contributed by atoms with Gasteiger partial charge in [0, 0.05) is 5.56 Å². The van der Waals surface area contributed by atoms with Crippen molar-refractivity contribution in [2.24, 2.45) is 0 Å². The molecule has 0 bridgehead atoms. The maximum absolute atomic E-state index is 13.3. The van der Waals surface area contributed by atoms with Crippen molar-refractivity contribution < 1.29 is 30.7 Å². The van der Waals surface area contributed by atoms with Crippen LogP contribution in [0.2, 0.25) is 0 Å². The summed E-state index contributed by atoms with van der Waals surface area (Å²) in [4.78, 5) is 0. The highest BCUT2D eigenvalue weighted by Gasteiger charge is 2.73. The molecular weight excluding hydrogens is 265 g/mol. The van der Waals surface area contributed by atoms with Gasteiger partial charge < -0.3 is 0 Å². The van der Waals surface area contributed by atoms with Crippen LogP contribution in [-0.4, -0.2) is 12.1 Å². The number of rotatable bonds is 3. The highest BCUT2D eigenvalue weighted by Crippen LogP contribution is 2.51. The average molecular weight is 273 g/mol. The molecule has 0 saturated heterocycles. The lowest BCUT2D eigenvalue weighted by Gasteiger charge is -2.28. The smallest absolute Gasteiger partial charge is 0.194 e. The molecule has 0 N–H and O–H groups in total. The predicted octanol–water partition coefficient (Wildman–Crippen LogP) is 4.55. The Labute approximate surface area is 98.4 Å². The highest BCUT2D eigenvalue weighted by molar-refractivity contribution is 5.32. The van der Waals surface area contributed by atoms with Crippen molar-refractivity contribution in [1.82, 2.24) is 0 Å². The third kappa shape index (κ3) is 2.30. The molecule has 0 nitrogen and oxygen atoms in total. The van der Waals surface area contributed by atoms with Gasteiger partial charge in [-0.25, -0.2) is 0 Å². The Balaban J connectivity index is 3.28. The van der Waals surface area contributed by atoms with Crippen molar-refractivity contribution in [3.05, 3.63) is 41.8 Å². The Kier molecular flexibility index (Phi) is 3.65. The van der Waals surface area contributed by atoms with E-state index in [0.29, 0.717) is 12.1 Å². The Bertz CT molecular complexity index is 420. The summed E-state index contributed by atoms with van der Waals surface area (Å²) in [7, 11) is 0. The van der Waals surface area contributed by atoms with Gasteiger partial charge in [0.15, 0.2) is 0 Å². The fraction of sp³-hybridized carbons (Fsp3) is 0.364. The van der Waals surface area contributed by atoms with Gasteiger partial charge in [0.05, 0.1) is 0 Å². The predicted molar refractivity (Wildman–Crippen MR) is 50.4 cm³/mol. The van der Waals surface area contributed by atoms with Gasteiger partial charge in [0.25, 0.3) is 0 Å². The van der Waals surface area contributed by atoms with E-state index in [1.807, 2.05) is 0 Å². The van der Waals surface area contributed by atoms with Crippen LogP contribution in [0.5, 0.6) is 0 Å². The van der Waals surface area contributed by atoms with Gasteiger partial charge in [-0.05, 0) is 18.1 Å². The van der Waals surface area contributed by atoms with E-state index in [0.717, 1.165) is 6.07 Å². The molecule has 0 fully saturated rings. The second kappa shape index (κ2) is 4.44. The molecule has 0 amide bonds. The van der Waals surface area contributed by atoms with E-state index < -0.39 is 23.6 Å². The van der Waals surface area contributed by atoms with Crippen LogP contribution in [0.1, 0.15) is 18.1 Å². The van der Waals surface area contributed by atoms with Gasteiger partial charge in [-0.3, -0.25) is 0 Å². The molecule has 18 heavy (non-hydrogen) atoms. The monoisotopic (exact) mass is 273 g/mol. The molecule has 0 atom stereocenters. The number of benzene rings is 1. The van der Waals surface area contributed by atoms with Crippen molar-refractivity contribution >= 4 is 0 Å². The van der Waals surface area contributed by atoms with Gasteiger partial charge in [-0.1, -0.05) is 25.1 Å². The molecule has 1 aromatic rings. The van der Waals surface area contributed by atoms with E-state index in [1.165, 1.54) is 19.4 Å². The minimum absolute atomic E-state index is 0.130. The van der Waals surface area contributed by atoms with Gasteiger partial charge in [-0.15, -0.1) is 0 Å². The van der Waals surface area contributed by atoms with Gasteiger partial charge in [0.1, 0.15) is 0 Å². The molecule has 0 aliphatic rings. The summed E-state index contributed by atoms with van der Waals surface area (Å²) < 4.78 is 87.9. The van der Waals surface area contributed by atoms with E-state index in [-0.39, 0.29) is 5.56 Å². The number of halogens is 7. The van der Waals surface area contributed by atoms with E-state index in [4.69, 9.17) is 0 Å². The summed E-state index contributed by atoms with van der Waals surface area (Å²) in [6.45, 7) is 1.44. The van der Waals surface area contributed by atoms with Gasteiger partial charge in [0.2, 0.25) is 0 Å². The highest BCUT2D eigenvalue weighted by atomic mass is 19.4. The largest absolute Gasteiger partial charge is 0.460 e. The third-order valence-corrected chi connectivity index (χ3v) is 2.33. The first kappa shape index (κ1) is 14.8. The Morgan fingerprint density at radius 1 is 0.944 bits per heavy atom. The molecule has 0 heterocycles. The normalized spacial score (nSPS) is 13.8. The molecule has 0 saturated carbocycles. The second-order valence-electron chi connectivity index (χ2n) is 3.56. The maximum atomic E-state index is 13.3. The first-order chi connectivity index (χ1) is 8.04. The third-order valence-electron chi connectivity index (χ3n) is 2.33. The fourth-order valence-corrected chi connectivity index (χ4v) is 1.27. The molecule has 7 heteroatoms. The van der Waals surface area contributed by atoms with Crippen LogP contribution in [-0.2, 0) is 5.92 Å². The van der Waals surface area contributed by atoms with Crippen molar-refractivity contribution in [1.29, 1.82) is 0 Å². The molecule has 1 aromatic carbocycles. The van der Waals surface area contributed by atoms with Crippen LogP contribution in [0.15, 0.2) is 24.3 Å². The Morgan fingerprint density at radius 3 is 1.94 bits per heavy atom. The molecule has 0 spiro atoms. The first-order valence-electron chi connectivity index (χ1n) is 4.76. The van der Waals surface area contributed by atoms with E-state index >= 15 is 0 Å². The quantitative estimate of drug-likeness (QED) is 0.709. The topological polar surface area (TPSA) is 0 Å². The number of hydrogen-bond acceptors (Lipinski definition) is 0. The van der Waals surface area contributed by atoms with E-state index in [2.05, 4.69) is 0 Å². The summed E-state index contributed by atoms with van der Waals surface area (Å²) in [5, 5.41) is 0. The zero-order valence-corrected chi connectivity index (χ0v) is 9.03. The standard InChI is InChI=1S/C11H8F7/c1-2-7-4-3-5-8(6-7)9(12,13)10(14,15)11(16,17)18/h2-6H,1H3. The van der Waals surface area contributed by atoms with Crippen molar-refractivity contribution in [2.45, 2.75) is 24.9 Å². The summed E-state index contributed by atoms with van der Waals surface area (Å²) in [5.41, 5.74) is -1.24. The molecule has 0 aliphatic carbocycles. The van der Waals surface area contributed by atoms with Crippen LogP contribution in [0, 0.1) is 6.42 Å². The Morgan fingerprint density at radius 2 is 1.50 bits per heavy atom. The minimum atomic E-state index is -6.32. The molecule has 1 rings (SSSR count). The van der Waals surface area contributed by atoms with E-state index in [9.17, 15) is 30.7 Å². The second-order valence-corrected chi connectivity index (χ2v) is 3.56. The van der Waals surface area contributed by atoms with Crippen molar-refractivity contribution in [2.75, 3.05) is 0 Å². The summed E-state index contributed by atoms with van der Waals surface area (Å²) in [5.74, 6) is -11.4. The molecule has 0 unspecified atom stereocenters. The molecule has 0 aromatic heterocycles. The molecular formula is C11H8F7. The number of alkyl halides is 7. The zero-order chi connectivity index (χ0) is 14.2. The average Bonchev–Trinajstić information content (AvgIpc) is 2.27. The molecule has 0 aliphatic heterocycles. The van der Waals surface area contributed by atoms with Crippen molar-refractivity contribution in [3.63, 3.8) is 0 Å². The van der Waals surface area contributed by atoms with Crippen LogP contribution < -0.4 is 0 Å². The maximum Gasteiger partial charge on any atom is 0.460 e. The van der Waals surface area contributed by atoms with Crippen molar-refractivity contribution in [3.8, 4) is 0 Å². The first-order valence-corrected chi connectivity index (χ1v) is 4.76. The SMILES string of the molecule is C[CH]c1cccc(C(F)(F)C(F)(F)C(F)(F)F)c1. The summed E-state index contributed by atoms with van der Waals surface area (Å²) in [6.07, 6.45) is -5.01. The lowest BCUT2D eigenvalue weighted by Crippen LogP contribution is -2.50. The molecule has 1 radical (unpaired) electrons. The minimum Gasteiger partial charge on any atom is -0.194 e.